The second kappa shape index (κ2) is 3.58. The molecule has 0 aromatic carbocycles. The molecule has 4 atom stereocenters. The first-order valence-electron chi connectivity index (χ1n) is 5.82. The molecule has 2 aliphatic rings. The van der Waals surface area contributed by atoms with Crippen molar-refractivity contribution in [3.63, 3.8) is 0 Å². The number of hydrogen-bond acceptors (Lipinski definition) is 4. The Labute approximate surface area is 94.4 Å². The molecule has 2 aliphatic heterocycles. The molecule has 2 bridgehead atoms. The fraction of sp³-hybridized carbons (Fsp3) is 0.667. The molecule has 3 rings (SSSR count). The van der Waals surface area contributed by atoms with Gasteiger partial charge in [-0.2, -0.15) is 0 Å². The van der Waals surface area contributed by atoms with Crippen LogP contribution < -0.4 is 5.73 Å². The summed E-state index contributed by atoms with van der Waals surface area (Å²) in [5.41, 5.74) is 6.39. The molecule has 4 unspecified atom stereocenters. The van der Waals surface area contributed by atoms with Crippen LogP contribution in [0.25, 0.3) is 0 Å². The van der Waals surface area contributed by atoms with Crippen LogP contribution >= 0.6 is 0 Å². The first-order valence-corrected chi connectivity index (χ1v) is 5.82. The first-order chi connectivity index (χ1) is 7.76. The van der Waals surface area contributed by atoms with Crippen molar-refractivity contribution in [1.82, 2.24) is 0 Å². The number of hydrogen-bond donors (Lipinski definition) is 2. The van der Waals surface area contributed by atoms with E-state index in [0.717, 1.165) is 24.8 Å². The van der Waals surface area contributed by atoms with Gasteiger partial charge in [0.2, 0.25) is 0 Å². The Kier molecular flexibility index (Phi) is 2.31. The number of ether oxygens (including phenoxy) is 1. The van der Waals surface area contributed by atoms with Crippen LogP contribution in [0.2, 0.25) is 0 Å². The molecule has 1 aromatic heterocycles. The van der Waals surface area contributed by atoms with E-state index in [0.29, 0.717) is 6.54 Å². The van der Waals surface area contributed by atoms with E-state index < -0.39 is 6.10 Å². The molecule has 16 heavy (non-hydrogen) atoms. The minimum absolute atomic E-state index is 0.104. The molecule has 0 spiro atoms. The van der Waals surface area contributed by atoms with Crippen molar-refractivity contribution in [2.24, 2.45) is 11.1 Å². The summed E-state index contributed by atoms with van der Waals surface area (Å²) in [7, 11) is 0. The fourth-order valence-electron chi connectivity index (χ4n) is 3.21. The summed E-state index contributed by atoms with van der Waals surface area (Å²) in [6.07, 6.45) is 5.96. The number of fused-ring (bicyclic) bond motifs is 2. The maximum Gasteiger partial charge on any atom is 0.0960 e. The molecule has 0 amide bonds. The zero-order valence-corrected chi connectivity index (χ0v) is 9.13. The minimum atomic E-state index is -0.577. The van der Waals surface area contributed by atoms with Gasteiger partial charge in [0.25, 0.3) is 0 Å². The quantitative estimate of drug-likeness (QED) is 0.808. The Bertz CT molecular complexity index is 364. The van der Waals surface area contributed by atoms with Crippen LogP contribution in [0.3, 0.4) is 0 Å². The molecular weight excluding hydrogens is 206 g/mol. The van der Waals surface area contributed by atoms with Crippen LogP contribution in [0.1, 0.15) is 30.9 Å². The van der Waals surface area contributed by atoms with Gasteiger partial charge >= 0.3 is 0 Å². The van der Waals surface area contributed by atoms with Crippen LogP contribution in [0.4, 0.5) is 0 Å². The van der Waals surface area contributed by atoms with Crippen molar-refractivity contribution in [3.8, 4) is 0 Å². The predicted molar refractivity (Wildman–Crippen MR) is 57.7 cm³/mol. The van der Waals surface area contributed by atoms with Gasteiger partial charge in [0.05, 0.1) is 30.8 Å². The minimum Gasteiger partial charge on any atom is -0.472 e. The number of furan rings is 1. The van der Waals surface area contributed by atoms with Crippen LogP contribution in [-0.2, 0) is 4.74 Å². The molecule has 0 saturated carbocycles. The molecule has 2 fully saturated rings. The van der Waals surface area contributed by atoms with Gasteiger partial charge in [0.15, 0.2) is 0 Å². The molecule has 4 heteroatoms. The van der Waals surface area contributed by atoms with Crippen LogP contribution in [0, 0.1) is 5.41 Å². The topological polar surface area (TPSA) is 68.6 Å². The predicted octanol–water partition coefficient (Wildman–Crippen LogP) is 1.21. The Hall–Kier alpha value is -0.840. The molecular formula is C12H17NO3. The second-order valence-corrected chi connectivity index (χ2v) is 4.92. The summed E-state index contributed by atoms with van der Waals surface area (Å²) < 4.78 is 10.9. The van der Waals surface area contributed by atoms with Gasteiger partial charge < -0.3 is 20.0 Å². The highest BCUT2D eigenvalue weighted by molar-refractivity contribution is 5.18. The van der Waals surface area contributed by atoms with Crippen molar-refractivity contribution in [1.29, 1.82) is 0 Å². The standard InChI is InChI=1S/C12H17NO3/c13-7-12(5-9-1-2-10(12)16-9)11(14)8-3-4-15-6-8/h3-4,6,9-11,14H,1-2,5,7,13H2. The SMILES string of the molecule is NCC1(C(O)c2ccoc2)CC2CCC1O2. The van der Waals surface area contributed by atoms with Crippen molar-refractivity contribution in [2.75, 3.05) is 6.54 Å². The highest BCUT2D eigenvalue weighted by Crippen LogP contribution is 2.53. The number of nitrogens with two attached hydrogens (primary N) is 1. The van der Waals surface area contributed by atoms with Gasteiger partial charge in [-0.15, -0.1) is 0 Å². The number of rotatable bonds is 3. The van der Waals surface area contributed by atoms with Crippen molar-refractivity contribution in [3.05, 3.63) is 24.2 Å². The zero-order chi connectivity index (χ0) is 11.2. The molecule has 3 N–H and O–H groups in total. The van der Waals surface area contributed by atoms with Gasteiger partial charge in [0, 0.05) is 17.5 Å². The zero-order valence-electron chi connectivity index (χ0n) is 9.13. The average Bonchev–Trinajstić information content (AvgIpc) is 3.03. The maximum atomic E-state index is 10.5. The molecule has 3 heterocycles. The van der Waals surface area contributed by atoms with Gasteiger partial charge in [-0.3, -0.25) is 0 Å². The van der Waals surface area contributed by atoms with E-state index in [4.69, 9.17) is 14.9 Å². The average molecular weight is 223 g/mol. The molecule has 2 saturated heterocycles. The maximum absolute atomic E-state index is 10.5. The third-order valence-electron chi connectivity index (χ3n) is 4.14. The number of aliphatic hydroxyl groups excluding tert-OH is 1. The summed E-state index contributed by atoms with van der Waals surface area (Å²) in [5, 5.41) is 10.5. The van der Waals surface area contributed by atoms with Crippen LogP contribution in [0.15, 0.2) is 23.0 Å². The van der Waals surface area contributed by atoms with Crippen LogP contribution in [-0.4, -0.2) is 23.9 Å². The summed E-state index contributed by atoms with van der Waals surface area (Å²) in [6, 6.07) is 1.80. The molecule has 0 aliphatic carbocycles. The Morgan fingerprint density at radius 2 is 2.44 bits per heavy atom. The fourth-order valence-corrected chi connectivity index (χ4v) is 3.21. The lowest BCUT2D eigenvalue weighted by Crippen LogP contribution is -2.44. The smallest absolute Gasteiger partial charge is 0.0960 e. The summed E-state index contributed by atoms with van der Waals surface area (Å²) in [6.45, 7) is 0.459. The van der Waals surface area contributed by atoms with Gasteiger partial charge in [-0.25, -0.2) is 0 Å². The van der Waals surface area contributed by atoms with Gasteiger partial charge in [0.1, 0.15) is 0 Å². The van der Waals surface area contributed by atoms with Crippen LogP contribution in [0.5, 0.6) is 0 Å². The van der Waals surface area contributed by atoms with E-state index >= 15 is 0 Å². The number of aliphatic hydroxyl groups is 1. The van der Waals surface area contributed by atoms with E-state index in [1.54, 1.807) is 18.6 Å². The Morgan fingerprint density at radius 1 is 1.56 bits per heavy atom. The van der Waals surface area contributed by atoms with Crippen molar-refractivity contribution in [2.45, 2.75) is 37.6 Å². The lowest BCUT2D eigenvalue weighted by Gasteiger charge is -2.38. The Balaban J connectivity index is 1.91. The highest BCUT2D eigenvalue weighted by Gasteiger charge is 2.55. The third-order valence-corrected chi connectivity index (χ3v) is 4.14. The van der Waals surface area contributed by atoms with Crippen molar-refractivity contribution >= 4 is 0 Å². The summed E-state index contributed by atoms with van der Waals surface area (Å²) in [4.78, 5) is 0. The Morgan fingerprint density at radius 3 is 2.94 bits per heavy atom. The van der Waals surface area contributed by atoms with E-state index in [2.05, 4.69) is 0 Å². The van der Waals surface area contributed by atoms with Gasteiger partial charge in [-0.1, -0.05) is 0 Å². The van der Waals surface area contributed by atoms with E-state index in [1.807, 2.05) is 0 Å². The highest BCUT2D eigenvalue weighted by atomic mass is 16.5. The lowest BCUT2D eigenvalue weighted by atomic mass is 9.68. The molecule has 1 aromatic rings. The first kappa shape index (κ1) is 10.3. The van der Waals surface area contributed by atoms with E-state index in [1.165, 1.54) is 0 Å². The largest absolute Gasteiger partial charge is 0.472 e. The molecule has 88 valence electrons. The lowest BCUT2D eigenvalue weighted by molar-refractivity contribution is -0.0266. The van der Waals surface area contributed by atoms with Crippen molar-refractivity contribution < 1.29 is 14.3 Å². The molecule has 4 nitrogen and oxygen atoms in total. The van der Waals surface area contributed by atoms with Gasteiger partial charge in [-0.05, 0) is 25.3 Å². The normalized spacial score (nSPS) is 39.1. The summed E-state index contributed by atoms with van der Waals surface area (Å²) in [5.74, 6) is 0. The van der Waals surface area contributed by atoms with E-state index in [-0.39, 0.29) is 17.6 Å². The molecule has 0 radical (unpaired) electrons. The van der Waals surface area contributed by atoms with E-state index in [9.17, 15) is 5.11 Å². The second-order valence-electron chi connectivity index (χ2n) is 4.92. The third kappa shape index (κ3) is 1.27. The summed E-state index contributed by atoms with van der Waals surface area (Å²) >= 11 is 0. The monoisotopic (exact) mass is 223 g/mol.